The Hall–Kier alpha value is -1.53. The van der Waals surface area contributed by atoms with Crippen molar-refractivity contribution in [3.63, 3.8) is 0 Å². The van der Waals surface area contributed by atoms with E-state index in [1.54, 1.807) is 0 Å². The summed E-state index contributed by atoms with van der Waals surface area (Å²) in [5.74, 6) is -0.0708. The fourth-order valence-corrected chi connectivity index (χ4v) is 1.66. The number of alkyl halides is 3. The molecule has 0 aliphatic carbocycles. The molecular weight excluding hydrogens is 271 g/mol. The maximum absolute atomic E-state index is 12.7. The van der Waals surface area contributed by atoms with Gasteiger partial charge in [-0.25, -0.2) is 0 Å². The van der Waals surface area contributed by atoms with Gasteiger partial charge in [0, 0.05) is 18.0 Å². The normalized spacial score (nSPS) is 13.6. The van der Waals surface area contributed by atoms with E-state index in [4.69, 9.17) is 16.0 Å². The van der Waals surface area contributed by atoms with Crippen molar-refractivity contribution < 1.29 is 22.7 Å². The lowest BCUT2D eigenvalue weighted by Gasteiger charge is -2.15. The molecule has 3 nitrogen and oxygen atoms in total. The number of hydrogen-bond donors (Lipinski definition) is 1. The highest BCUT2D eigenvalue weighted by molar-refractivity contribution is 6.28. The van der Waals surface area contributed by atoms with Crippen LogP contribution in [0.4, 0.5) is 13.2 Å². The molecular formula is C11H7ClF3NO2. The average molecular weight is 278 g/mol. The number of rotatable bonds is 2. The molecule has 2 heterocycles. The van der Waals surface area contributed by atoms with Gasteiger partial charge in [0.1, 0.15) is 11.9 Å². The fraction of sp³-hybridized carbons (Fsp3) is 0.182. The van der Waals surface area contributed by atoms with Crippen molar-refractivity contribution in [1.82, 2.24) is 4.98 Å². The van der Waals surface area contributed by atoms with Gasteiger partial charge in [-0.2, -0.15) is 13.2 Å². The SMILES string of the molecule is OC(c1ccc(Cl)o1)c1cnccc1C(F)(F)F. The van der Waals surface area contributed by atoms with Gasteiger partial charge in [0.05, 0.1) is 5.56 Å². The third kappa shape index (κ3) is 2.49. The summed E-state index contributed by atoms with van der Waals surface area (Å²) in [7, 11) is 0. The van der Waals surface area contributed by atoms with Crippen molar-refractivity contribution in [2.75, 3.05) is 0 Å². The number of furan rings is 1. The third-order valence-electron chi connectivity index (χ3n) is 2.32. The number of aromatic nitrogens is 1. The monoisotopic (exact) mass is 277 g/mol. The van der Waals surface area contributed by atoms with Crippen LogP contribution in [-0.4, -0.2) is 10.1 Å². The maximum Gasteiger partial charge on any atom is 0.416 e. The molecule has 0 saturated carbocycles. The van der Waals surface area contributed by atoms with Gasteiger partial charge >= 0.3 is 6.18 Å². The number of pyridine rings is 1. The number of nitrogens with zero attached hydrogens (tertiary/aromatic N) is 1. The molecule has 2 aromatic heterocycles. The van der Waals surface area contributed by atoms with Crippen LogP contribution in [0, 0.1) is 0 Å². The Kier molecular flexibility index (Phi) is 3.32. The largest absolute Gasteiger partial charge is 0.447 e. The maximum atomic E-state index is 12.7. The molecule has 96 valence electrons. The van der Waals surface area contributed by atoms with E-state index < -0.39 is 17.8 Å². The molecule has 0 radical (unpaired) electrons. The van der Waals surface area contributed by atoms with Crippen LogP contribution in [0.25, 0.3) is 0 Å². The summed E-state index contributed by atoms with van der Waals surface area (Å²) in [5.41, 5.74) is -1.34. The predicted molar refractivity (Wildman–Crippen MR) is 57.0 cm³/mol. The first-order valence-electron chi connectivity index (χ1n) is 4.84. The zero-order valence-corrected chi connectivity index (χ0v) is 9.53. The van der Waals surface area contributed by atoms with Gasteiger partial charge in [0.25, 0.3) is 0 Å². The topological polar surface area (TPSA) is 46.3 Å². The molecule has 0 aromatic carbocycles. The van der Waals surface area contributed by atoms with E-state index in [0.29, 0.717) is 0 Å². The fourth-order valence-electron chi connectivity index (χ4n) is 1.51. The van der Waals surface area contributed by atoms with Crippen LogP contribution in [0.3, 0.4) is 0 Å². The van der Waals surface area contributed by atoms with Gasteiger partial charge in [-0.3, -0.25) is 4.98 Å². The lowest BCUT2D eigenvalue weighted by atomic mass is 10.0. The average Bonchev–Trinajstić information content (AvgIpc) is 2.74. The Bertz CT molecular complexity index is 553. The summed E-state index contributed by atoms with van der Waals surface area (Å²) >= 11 is 5.51. The summed E-state index contributed by atoms with van der Waals surface area (Å²) in [4.78, 5) is 3.58. The quantitative estimate of drug-likeness (QED) is 0.915. The Morgan fingerprint density at radius 3 is 2.56 bits per heavy atom. The van der Waals surface area contributed by atoms with Crippen molar-refractivity contribution in [1.29, 1.82) is 0 Å². The van der Waals surface area contributed by atoms with Crippen molar-refractivity contribution >= 4 is 11.6 Å². The first kappa shape index (κ1) is 12.9. The van der Waals surface area contributed by atoms with E-state index >= 15 is 0 Å². The third-order valence-corrected chi connectivity index (χ3v) is 2.52. The smallest absolute Gasteiger partial charge is 0.416 e. The van der Waals surface area contributed by atoms with E-state index in [0.717, 1.165) is 18.5 Å². The molecule has 0 aliphatic heterocycles. The first-order valence-corrected chi connectivity index (χ1v) is 5.22. The Morgan fingerprint density at radius 1 is 1.28 bits per heavy atom. The molecule has 2 aromatic rings. The first-order chi connectivity index (χ1) is 8.39. The van der Waals surface area contributed by atoms with Crippen molar-refractivity contribution in [2.24, 2.45) is 0 Å². The van der Waals surface area contributed by atoms with Crippen LogP contribution >= 0.6 is 11.6 Å². The van der Waals surface area contributed by atoms with Crippen LogP contribution in [0.1, 0.15) is 23.0 Å². The minimum atomic E-state index is -4.57. The summed E-state index contributed by atoms with van der Waals surface area (Å²) in [6.45, 7) is 0. The molecule has 0 spiro atoms. The molecule has 1 N–H and O–H groups in total. The van der Waals surface area contributed by atoms with Crippen LogP contribution in [0.15, 0.2) is 35.0 Å². The van der Waals surface area contributed by atoms with Crippen LogP contribution < -0.4 is 0 Å². The van der Waals surface area contributed by atoms with Gasteiger partial charge in [0.15, 0.2) is 5.22 Å². The van der Waals surface area contributed by atoms with Gasteiger partial charge in [0.2, 0.25) is 0 Å². The number of halogens is 4. The standard InChI is InChI=1S/C11H7ClF3NO2/c12-9-2-1-8(18-9)10(17)6-5-16-4-3-7(6)11(13,14)15/h1-5,10,17H. The molecule has 0 fully saturated rings. The highest BCUT2D eigenvalue weighted by atomic mass is 35.5. The Labute approximate surface area is 105 Å². The van der Waals surface area contributed by atoms with Crippen LogP contribution in [0.5, 0.6) is 0 Å². The highest BCUT2D eigenvalue weighted by Crippen LogP contribution is 2.36. The summed E-state index contributed by atoms with van der Waals surface area (Å²) in [6.07, 6.45) is -4.18. The van der Waals surface area contributed by atoms with Gasteiger partial charge in [-0.05, 0) is 29.8 Å². The zero-order valence-electron chi connectivity index (χ0n) is 8.78. The molecule has 18 heavy (non-hydrogen) atoms. The van der Waals surface area contributed by atoms with Gasteiger partial charge < -0.3 is 9.52 Å². The second kappa shape index (κ2) is 4.62. The van der Waals surface area contributed by atoms with Gasteiger partial charge in [-0.1, -0.05) is 0 Å². The summed E-state index contributed by atoms with van der Waals surface area (Å²) in [6, 6.07) is 3.44. The molecule has 2 rings (SSSR count). The number of hydrogen-bond acceptors (Lipinski definition) is 3. The zero-order chi connectivity index (χ0) is 13.3. The summed E-state index contributed by atoms with van der Waals surface area (Å²) in [5, 5.41) is 9.84. The highest BCUT2D eigenvalue weighted by Gasteiger charge is 2.35. The lowest BCUT2D eigenvalue weighted by Crippen LogP contribution is -2.12. The second-order valence-electron chi connectivity index (χ2n) is 3.51. The van der Waals surface area contributed by atoms with Crippen molar-refractivity contribution in [3.05, 3.63) is 52.7 Å². The van der Waals surface area contributed by atoms with E-state index in [1.807, 2.05) is 0 Å². The van der Waals surface area contributed by atoms with Crippen LogP contribution in [0.2, 0.25) is 5.22 Å². The van der Waals surface area contributed by atoms with E-state index in [-0.39, 0.29) is 16.5 Å². The van der Waals surface area contributed by atoms with Crippen molar-refractivity contribution in [2.45, 2.75) is 12.3 Å². The van der Waals surface area contributed by atoms with Gasteiger partial charge in [-0.15, -0.1) is 0 Å². The number of aliphatic hydroxyl groups is 1. The van der Waals surface area contributed by atoms with Crippen LogP contribution in [-0.2, 0) is 6.18 Å². The molecule has 7 heteroatoms. The molecule has 1 unspecified atom stereocenters. The second-order valence-corrected chi connectivity index (χ2v) is 3.88. The molecule has 1 atom stereocenters. The van der Waals surface area contributed by atoms with E-state index in [2.05, 4.69) is 4.98 Å². The number of aliphatic hydroxyl groups excluding tert-OH is 1. The van der Waals surface area contributed by atoms with E-state index in [9.17, 15) is 18.3 Å². The molecule has 0 aliphatic rings. The van der Waals surface area contributed by atoms with Crippen molar-refractivity contribution in [3.8, 4) is 0 Å². The minimum Gasteiger partial charge on any atom is -0.447 e. The predicted octanol–water partition coefficient (Wildman–Crippen LogP) is 3.43. The minimum absolute atomic E-state index is 0.0125. The van der Waals surface area contributed by atoms with E-state index in [1.165, 1.54) is 12.1 Å². The Balaban J connectivity index is 2.45. The molecule has 0 amide bonds. The molecule has 0 saturated heterocycles. The summed E-state index contributed by atoms with van der Waals surface area (Å²) < 4.78 is 43.1. The lowest BCUT2D eigenvalue weighted by molar-refractivity contribution is -0.139. The molecule has 0 bridgehead atoms. The Morgan fingerprint density at radius 2 is 2.00 bits per heavy atom.